The highest BCUT2D eigenvalue weighted by molar-refractivity contribution is 7.89. The van der Waals surface area contributed by atoms with Gasteiger partial charge in [-0.1, -0.05) is 17.7 Å². The third-order valence-electron chi connectivity index (χ3n) is 4.19. The number of hydrogen-bond donors (Lipinski definition) is 0. The molecule has 0 aliphatic carbocycles. The molecule has 0 spiro atoms. The van der Waals surface area contributed by atoms with Crippen molar-refractivity contribution in [2.45, 2.75) is 37.4 Å². The number of nitrogens with zero attached hydrogens (tertiary/aromatic N) is 3. The fourth-order valence-corrected chi connectivity index (χ4v) is 4.50. The van der Waals surface area contributed by atoms with Crippen LogP contribution in [0.4, 0.5) is 0 Å². The summed E-state index contributed by atoms with van der Waals surface area (Å²) in [5.74, 6) is 0. The average molecular weight is 335 g/mol. The third-order valence-corrected chi connectivity index (χ3v) is 6.10. The first-order chi connectivity index (χ1) is 11.0. The number of rotatable bonds is 4. The Hall–Kier alpha value is -1.70. The van der Waals surface area contributed by atoms with E-state index in [1.807, 2.05) is 29.8 Å². The molecule has 1 aromatic carbocycles. The van der Waals surface area contributed by atoms with Gasteiger partial charge >= 0.3 is 0 Å². The summed E-state index contributed by atoms with van der Waals surface area (Å²) >= 11 is 0. The van der Waals surface area contributed by atoms with E-state index >= 15 is 0 Å². The van der Waals surface area contributed by atoms with Crippen LogP contribution in [0.25, 0.3) is 0 Å². The Morgan fingerprint density at radius 1 is 1.26 bits per heavy atom. The van der Waals surface area contributed by atoms with E-state index < -0.39 is 10.0 Å². The zero-order valence-electron chi connectivity index (χ0n) is 13.3. The van der Waals surface area contributed by atoms with E-state index in [4.69, 9.17) is 4.74 Å². The first kappa shape index (κ1) is 16.2. The number of fused-ring (bicyclic) bond motifs is 1. The molecule has 0 radical (unpaired) electrons. The summed E-state index contributed by atoms with van der Waals surface area (Å²) in [6.07, 6.45) is 2.39. The number of methoxy groups -OCH3 is 1. The molecule has 1 aromatic heterocycles. The highest BCUT2D eigenvalue weighted by Gasteiger charge is 2.34. The van der Waals surface area contributed by atoms with E-state index in [0.29, 0.717) is 31.0 Å². The molecule has 2 aromatic rings. The van der Waals surface area contributed by atoms with Crippen LogP contribution < -0.4 is 0 Å². The van der Waals surface area contributed by atoms with E-state index in [0.717, 1.165) is 11.3 Å². The zero-order valence-corrected chi connectivity index (χ0v) is 14.2. The Bertz CT molecular complexity index is 768. The minimum Gasteiger partial charge on any atom is -0.383 e. The van der Waals surface area contributed by atoms with E-state index in [9.17, 15) is 8.42 Å². The maximum atomic E-state index is 13.1. The summed E-state index contributed by atoms with van der Waals surface area (Å²) in [5, 5.41) is 4.27. The largest absolute Gasteiger partial charge is 0.383 e. The highest BCUT2D eigenvalue weighted by atomic mass is 32.2. The molecule has 124 valence electrons. The van der Waals surface area contributed by atoms with Crippen molar-refractivity contribution in [2.75, 3.05) is 13.7 Å². The number of aryl methyl sites for hydroxylation is 2. The second-order valence-corrected chi connectivity index (χ2v) is 7.70. The Kier molecular flexibility index (Phi) is 4.52. The van der Waals surface area contributed by atoms with Crippen molar-refractivity contribution in [1.82, 2.24) is 14.1 Å². The second kappa shape index (κ2) is 6.43. The Morgan fingerprint density at radius 3 is 2.70 bits per heavy atom. The van der Waals surface area contributed by atoms with Crippen LogP contribution in [-0.4, -0.2) is 42.3 Å². The maximum absolute atomic E-state index is 13.1. The Morgan fingerprint density at radius 2 is 2.00 bits per heavy atom. The lowest BCUT2D eigenvalue weighted by Crippen LogP contribution is -2.41. The van der Waals surface area contributed by atoms with Gasteiger partial charge in [-0.05, 0) is 31.5 Å². The van der Waals surface area contributed by atoms with Gasteiger partial charge in [-0.3, -0.25) is 4.68 Å². The van der Waals surface area contributed by atoms with Gasteiger partial charge in [-0.15, -0.1) is 0 Å². The third kappa shape index (κ3) is 3.17. The summed E-state index contributed by atoms with van der Waals surface area (Å²) in [5.41, 5.74) is 1.94. The van der Waals surface area contributed by atoms with Gasteiger partial charge in [-0.2, -0.15) is 9.40 Å². The van der Waals surface area contributed by atoms with Crippen LogP contribution in [0.3, 0.4) is 0 Å². The van der Waals surface area contributed by atoms with Gasteiger partial charge in [0.2, 0.25) is 10.0 Å². The van der Waals surface area contributed by atoms with Crippen LogP contribution in [0.1, 0.15) is 17.7 Å². The van der Waals surface area contributed by atoms with E-state index in [1.165, 1.54) is 0 Å². The van der Waals surface area contributed by atoms with Gasteiger partial charge in [0.05, 0.1) is 29.8 Å². The number of benzene rings is 1. The zero-order chi connectivity index (χ0) is 16.4. The molecule has 0 fully saturated rings. The molecule has 0 N–H and O–H groups in total. The van der Waals surface area contributed by atoms with Crippen molar-refractivity contribution in [3.05, 3.63) is 47.8 Å². The minimum absolute atomic E-state index is 0.201. The van der Waals surface area contributed by atoms with Crippen LogP contribution in [0, 0.1) is 6.92 Å². The topological polar surface area (TPSA) is 64.4 Å². The summed E-state index contributed by atoms with van der Waals surface area (Å²) in [7, 11) is -1.98. The van der Waals surface area contributed by atoms with Crippen molar-refractivity contribution in [2.24, 2.45) is 0 Å². The van der Waals surface area contributed by atoms with Crippen molar-refractivity contribution in [3.63, 3.8) is 0 Å². The van der Waals surface area contributed by atoms with Gasteiger partial charge in [0, 0.05) is 19.9 Å². The molecule has 0 saturated heterocycles. The van der Waals surface area contributed by atoms with Crippen LogP contribution in [0.2, 0.25) is 0 Å². The molecule has 2 heterocycles. The van der Waals surface area contributed by atoms with Gasteiger partial charge in [0.25, 0.3) is 0 Å². The molecule has 23 heavy (non-hydrogen) atoms. The van der Waals surface area contributed by atoms with Crippen molar-refractivity contribution in [3.8, 4) is 0 Å². The smallest absolute Gasteiger partial charge is 0.243 e. The van der Waals surface area contributed by atoms with Crippen LogP contribution in [-0.2, 0) is 27.8 Å². The second-order valence-electron chi connectivity index (χ2n) is 5.81. The van der Waals surface area contributed by atoms with Gasteiger partial charge in [0.1, 0.15) is 0 Å². The van der Waals surface area contributed by atoms with Gasteiger partial charge in [-0.25, -0.2) is 8.42 Å². The summed E-state index contributed by atoms with van der Waals surface area (Å²) < 4.78 is 34.9. The summed E-state index contributed by atoms with van der Waals surface area (Å²) in [6.45, 7) is 3.31. The summed E-state index contributed by atoms with van der Waals surface area (Å²) in [4.78, 5) is 0.317. The Balaban J connectivity index is 2.00. The lowest BCUT2D eigenvalue weighted by atomic mass is 10.2. The Labute approximate surface area is 136 Å². The number of hydrogen-bond acceptors (Lipinski definition) is 4. The first-order valence-corrected chi connectivity index (χ1v) is 9.04. The van der Waals surface area contributed by atoms with Crippen LogP contribution in [0.15, 0.2) is 41.4 Å². The molecule has 1 aliphatic rings. The molecule has 1 aliphatic heterocycles. The van der Waals surface area contributed by atoms with E-state index in [-0.39, 0.29) is 6.04 Å². The lowest BCUT2D eigenvalue weighted by Gasteiger charge is -2.28. The molecule has 0 saturated carbocycles. The van der Waals surface area contributed by atoms with E-state index in [2.05, 4.69) is 5.10 Å². The van der Waals surface area contributed by atoms with Gasteiger partial charge < -0.3 is 4.74 Å². The van der Waals surface area contributed by atoms with E-state index in [1.54, 1.807) is 29.7 Å². The predicted molar refractivity (Wildman–Crippen MR) is 86.4 cm³/mol. The molecule has 1 atom stereocenters. The first-order valence-electron chi connectivity index (χ1n) is 7.60. The predicted octanol–water partition coefficient (Wildman–Crippen LogP) is 1.80. The van der Waals surface area contributed by atoms with Crippen LogP contribution in [0.5, 0.6) is 0 Å². The minimum atomic E-state index is -3.58. The van der Waals surface area contributed by atoms with Crippen molar-refractivity contribution in [1.29, 1.82) is 0 Å². The van der Waals surface area contributed by atoms with Crippen molar-refractivity contribution < 1.29 is 13.2 Å². The van der Waals surface area contributed by atoms with Crippen LogP contribution >= 0.6 is 0 Å². The number of sulfonamides is 1. The molecule has 3 rings (SSSR count). The maximum Gasteiger partial charge on any atom is 0.243 e. The standard InChI is InChI=1S/C16H21N3O3S/c1-13-3-5-16(6-4-13)23(20,21)19-11-14-7-9-17-18(14)10-8-15(19)12-22-2/h3-7,9,15H,8,10-12H2,1-2H3. The highest BCUT2D eigenvalue weighted by Crippen LogP contribution is 2.25. The molecular weight excluding hydrogens is 314 g/mol. The molecular formula is C16H21N3O3S. The average Bonchev–Trinajstić information content (AvgIpc) is 2.90. The number of aromatic nitrogens is 2. The molecule has 0 amide bonds. The monoisotopic (exact) mass is 335 g/mol. The fourth-order valence-electron chi connectivity index (χ4n) is 2.89. The lowest BCUT2D eigenvalue weighted by molar-refractivity contribution is 0.127. The molecule has 1 unspecified atom stereocenters. The molecule has 0 bridgehead atoms. The fraction of sp³-hybridized carbons (Fsp3) is 0.438. The van der Waals surface area contributed by atoms with Crippen molar-refractivity contribution >= 4 is 10.0 Å². The van der Waals surface area contributed by atoms with Gasteiger partial charge in [0.15, 0.2) is 0 Å². The SMILES string of the molecule is COCC1CCn2nccc2CN1S(=O)(=O)c1ccc(C)cc1. The number of ether oxygens (including phenoxy) is 1. The molecule has 7 heteroatoms. The normalized spacial score (nSPS) is 19.3. The summed E-state index contributed by atoms with van der Waals surface area (Å²) in [6, 6.07) is 8.63. The quantitative estimate of drug-likeness (QED) is 0.855. The molecule has 6 nitrogen and oxygen atoms in total.